The minimum atomic E-state index is -0.437. The molecule has 1 amide bonds. The fourth-order valence-electron chi connectivity index (χ4n) is 1.79. The second-order valence-electron chi connectivity index (χ2n) is 4.42. The molecule has 1 aromatic rings. The van der Waals surface area contributed by atoms with Crippen molar-refractivity contribution in [3.63, 3.8) is 0 Å². The molecule has 0 radical (unpaired) electrons. The Bertz CT molecular complexity index is 543. The second kappa shape index (κ2) is 8.56. The highest BCUT2D eigenvalue weighted by molar-refractivity contribution is 9.10. The van der Waals surface area contributed by atoms with Crippen LogP contribution < -0.4 is 5.43 Å². The summed E-state index contributed by atoms with van der Waals surface area (Å²) in [5, 5.41) is 4.01. The van der Waals surface area contributed by atoms with Crippen molar-refractivity contribution in [2.45, 2.75) is 27.2 Å². The number of carbonyl (C=O) groups excluding carboxylic acids is 2. The van der Waals surface area contributed by atoms with Gasteiger partial charge in [-0.3, -0.25) is 9.59 Å². The standard InChI is InChI=1S/C15H19BrN2O3/c1-4-13(15(20)21-5-2)10(3)17-18-14(19)11-7-6-8-12(16)9-11/h6-9,13H,4-5H2,1-3H3,(H,18,19)/b17-10-/t13-/m0/s1. The first-order valence-corrected chi connectivity index (χ1v) is 7.55. The smallest absolute Gasteiger partial charge is 0.314 e. The average Bonchev–Trinajstić information content (AvgIpc) is 2.45. The van der Waals surface area contributed by atoms with E-state index in [9.17, 15) is 9.59 Å². The zero-order valence-electron chi connectivity index (χ0n) is 12.4. The molecular formula is C15H19BrN2O3. The Morgan fingerprint density at radius 2 is 2.10 bits per heavy atom. The van der Waals surface area contributed by atoms with Gasteiger partial charge in [0, 0.05) is 15.7 Å². The van der Waals surface area contributed by atoms with Crippen LogP contribution in [0.1, 0.15) is 37.6 Å². The molecule has 0 unspecified atom stereocenters. The predicted molar refractivity (Wildman–Crippen MR) is 85.1 cm³/mol. The molecule has 5 nitrogen and oxygen atoms in total. The number of ether oxygens (including phenoxy) is 1. The van der Waals surface area contributed by atoms with Crippen molar-refractivity contribution >= 4 is 33.5 Å². The Morgan fingerprint density at radius 3 is 2.67 bits per heavy atom. The van der Waals surface area contributed by atoms with E-state index in [4.69, 9.17) is 4.74 Å². The summed E-state index contributed by atoms with van der Waals surface area (Å²) < 4.78 is 5.80. The number of nitrogens with one attached hydrogen (secondary N) is 1. The van der Waals surface area contributed by atoms with Gasteiger partial charge in [0.25, 0.3) is 5.91 Å². The Labute approximate surface area is 132 Å². The molecular weight excluding hydrogens is 336 g/mol. The van der Waals surface area contributed by atoms with Crippen molar-refractivity contribution in [1.29, 1.82) is 0 Å². The number of amides is 1. The quantitative estimate of drug-likeness (QED) is 0.484. The Balaban J connectivity index is 2.74. The third-order valence-electron chi connectivity index (χ3n) is 2.90. The minimum Gasteiger partial charge on any atom is -0.465 e. The van der Waals surface area contributed by atoms with Crippen LogP contribution in [-0.2, 0) is 9.53 Å². The van der Waals surface area contributed by atoms with Crippen molar-refractivity contribution in [3.05, 3.63) is 34.3 Å². The van der Waals surface area contributed by atoms with Gasteiger partial charge in [-0.15, -0.1) is 0 Å². The van der Waals surface area contributed by atoms with Crippen LogP contribution in [0.25, 0.3) is 0 Å². The fraction of sp³-hybridized carbons (Fsp3) is 0.400. The highest BCUT2D eigenvalue weighted by Gasteiger charge is 2.21. The maximum atomic E-state index is 12.0. The number of halogens is 1. The summed E-state index contributed by atoms with van der Waals surface area (Å²) in [4.78, 5) is 23.7. The van der Waals surface area contributed by atoms with Crippen LogP contribution in [0.15, 0.2) is 33.8 Å². The van der Waals surface area contributed by atoms with Crippen LogP contribution in [0, 0.1) is 5.92 Å². The van der Waals surface area contributed by atoms with E-state index < -0.39 is 5.92 Å². The maximum absolute atomic E-state index is 12.0. The van der Waals surface area contributed by atoms with Gasteiger partial charge in [0.05, 0.1) is 12.5 Å². The van der Waals surface area contributed by atoms with Crippen molar-refractivity contribution in [2.24, 2.45) is 11.0 Å². The van der Waals surface area contributed by atoms with E-state index in [0.717, 1.165) is 4.47 Å². The molecule has 0 spiro atoms. The molecule has 114 valence electrons. The van der Waals surface area contributed by atoms with E-state index in [0.29, 0.717) is 24.3 Å². The number of esters is 1. The van der Waals surface area contributed by atoms with Crippen molar-refractivity contribution in [3.8, 4) is 0 Å². The highest BCUT2D eigenvalue weighted by atomic mass is 79.9. The Morgan fingerprint density at radius 1 is 1.38 bits per heavy atom. The lowest BCUT2D eigenvalue weighted by Gasteiger charge is -2.13. The van der Waals surface area contributed by atoms with Crippen molar-refractivity contribution < 1.29 is 14.3 Å². The Hall–Kier alpha value is -1.69. The van der Waals surface area contributed by atoms with E-state index in [1.165, 1.54) is 0 Å². The molecule has 1 aromatic carbocycles. The molecule has 0 aliphatic carbocycles. The first kappa shape index (κ1) is 17.4. The number of hydrogen-bond acceptors (Lipinski definition) is 4. The van der Waals surface area contributed by atoms with Crippen LogP contribution in [0.5, 0.6) is 0 Å². The molecule has 0 aliphatic heterocycles. The molecule has 0 aliphatic rings. The van der Waals surface area contributed by atoms with Gasteiger partial charge in [0.15, 0.2) is 0 Å². The van der Waals surface area contributed by atoms with E-state index in [1.807, 2.05) is 13.0 Å². The number of nitrogens with zero attached hydrogens (tertiary/aromatic N) is 1. The predicted octanol–water partition coefficient (Wildman–Crippen LogP) is 3.14. The van der Waals surface area contributed by atoms with Gasteiger partial charge in [-0.25, -0.2) is 5.43 Å². The molecule has 1 atom stereocenters. The van der Waals surface area contributed by atoms with E-state index in [2.05, 4.69) is 26.5 Å². The third-order valence-corrected chi connectivity index (χ3v) is 3.40. The van der Waals surface area contributed by atoms with Crippen molar-refractivity contribution in [2.75, 3.05) is 6.61 Å². The van der Waals surface area contributed by atoms with Gasteiger partial charge < -0.3 is 4.74 Å². The number of hydrogen-bond donors (Lipinski definition) is 1. The van der Waals surface area contributed by atoms with Gasteiger partial charge in [0.2, 0.25) is 0 Å². The maximum Gasteiger partial charge on any atom is 0.314 e. The van der Waals surface area contributed by atoms with E-state index in [1.54, 1.807) is 32.0 Å². The van der Waals surface area contributed by atoms with Crippen LogP contribution >= 0.6 is 15.9 Å². The third kappa shape index (κ3) is 5.30. The van der Waals surface area contributed by atoms with Gasteiger partial charge in [-0.2, -0.15) is 5.10 Å². The second-order valence-corrected chi connectivity index (χ2v) is 5.33. The van der Waals surface area contributed by atoms with Crippen LogP contribution in [0.3, 0.4) is 0 Å². The number of rotatable bonds is 6. The molecule has 0 bridgehead atoms. The van der Waals surface area contributed by atoms with Gasteiger partial charge in [-0.05, 0) is 38.5 Å². The molecule has 0 saturated carbocycles. The van der Waals surface area contributed by atoms with Crippen molar-refractivity contribution in [1.82, 2.24) is 5.43 Å². The summed E-state index contributed by atoms with van der Waals surface area (Å²) in [5.41, 5.74) is 3.48. The zero-order valence-corrected chi connectivity index (χ0v) is 13.9. The van der Waals surface area contributed by atoms with Crippen LogP contribution in [0.4, 0.5) is 0 Å². The summed E-state index contributed by atoms with van der Waals surface area (Å²) in [7, 11) is 0. The number of hydrazone groups is 1. The lowest BCUT2D eigenvalue weighted by molar-refractivity contribution is -0.145. The number of benzene rings is 1. The lowest BCUT2D eigenvalue weighted by atomic mass is 10.0. The first-order valence-electron chi connectivity index (χ1n) is 6.76. The molecule has 21 heavy (non-hydrogen) atoms. The normalized spacial score (nSPS) is 12.7. The van der Waals surface area contributed by atoms with Gasteiger partial charge in [0.1, 0.15) is 0 Å². The summed E-state index contributed by atoms with van der Waals surface area (Å²) in [6.45, 7) is 5.65. The molecule has 0 heterocycles. The molecule has 0 aromatic heterocycles. The molecule has 1 rings (SSSR count). The summed E-state index contributed by atoms with van der Waals surface area (Å²) in [6.07, 6.45) is 0.570. The number of carbonyl (C=O) groups is 2. The van der Waals surface area contributed by atoms with Gasteiger partial charge >= 0.3 is 5.97 Å². The minimum absolute atomic E-state index is 0.321. The van der Waals surface area contributed by atoms with E-state index in [-0.39, 0.29) is 11.9 Å². The monoisotopic (exact) mass is 354 g/mol. The topological polar surface area (TPSA) is 67.8 Å². The SMILES string of the molecule is CCOC(=O)[C@@H](CC)/C(C)=N\NC(=O)c1cccc(Br)c1. The highest BCUT2D eigenvalue weighted by Crippen LogP contribution is 2.12. The Kier molecular flexibility index (Phi) is 7.08. The van der Waals surface area contributed by atoms with Crippen LogP contribution in [-0.4, -0.2) is 24.2 Å². The molecule has 0 fully saturated rings. The molecule has 0 saturated heterocycles. The van der Waals surface area contributed by atoms with E-state index >= 15 is 0 Å². The summed E-state index contributed by atoms with van der Waals surface area (Å²) in [6, 6.07) is 6.98. The van der Waals surface area contributed by atoms with Gasteiger partial charge in [-0.1, -0.05) is 28.9 Å². The average molecular weight is 355 g/mol. The molecule has 1 N–H and O–H groups in total. The zero-order chi connectivity index (χ0) is 15.8. The lowest BCUT2D eigenvalue weighted by Crippen LogP contribution is -2.27. The first-order chi connectivity index (χ1) is 9.99. The fourth-order valence-corrected chi connectivity index (χ4v) is 2.19. The summed E-state index contributed by atoms with van der Waals surface area (Å²) >= 11 is 3.30. The summed E-state index contributed by atoms with van der Waals surface area (Å²) in [5.74, 6) is -1.08. The molecule has 6 heteroatoms. The van der Waals surface area contributed by atoms with Crippen LogP contribution in [0.2, 0.25) is 0 Å². The largest absolute Gasteiger partial charge is 0.465 e.